The molecule has 86 valence electrons. The molecule has 5 heteroatoms. The zero-order valence-electron chi connectivity index (χ0n) is 8.91. The number of guanidine groups is 1. The maximum Gasteiger partial charge on any atom is 0.206 e. The molecule has 1 aromatic carbocycles. The van der Waals surface area contributed by atoms with Crippen molar-refractivity contribution in [1.29, 1.82) is 0 Å². The largest absolute Gasteiger partial charge is 0.353 e. The fourth-order valence-electron chi connectivity index (χ4n) is 1.31. The average Bonchev–Trinajstić information content (AvgIpc) is 3.10. The number of halogens is 1. The zero-order valence-corrected chi connectivity index (χ0v) is 10.5. The molecular weight excluding hydrogens is 268 g/mol. The maximum atomic E-state index is 5.39. The van der Waals surface area contributed by atoms with E-state index in [9.17, 15) is 0 Å². The van der Waals surface area contributed by atoms with Gasteiger partial charge in [0.2, 0.25) is 5.96 Å². The topological polar surface area (TPSA) is 62.4 Å². The molecule has 0 bridgehead atoms. The number of aliphatic imine (C=N–C) groups is 1. The van der Waals surface area contributed by atoms with Gasteiger partial charge in [0.1, 0.15) is 0 Å². The Balaban J connectivity index is 1.91. The molecule has 4 nitrogen and oxygen atoms in total. The fourth-order valence-corrected chi connectivity index (χ4v) is 1.58. The van der Waals surface area contributed by atoms with Crippen molar-refractivity contribution in [1.82, 2.24) is 10.7 Å². The van der Waals surface area contributed by atoms with Crippen molar-refractivity contribution < 1.29 is 0 Å². The van der Waals surface area contributed by atoms with Gasteiger partial charge in [0.05, 0.1) is 6.54 Å². The Morgan fingerprint density at radius 3 is 2.62 bits per heavy atom. The Morgan fingerprint density at radius 1 is 1.38 bits per heavy atom. The smallest absolute Gasteiger partial charge is 0.206 e. The number of hydrogen-bond donors (Lipinski definition) is 3. The quantitative estimate of drug-likeness (QED) is 0.341. The molecule has 4 N–H and O–H groups in total. The molecule has 0 radical (unpaired) electrons. The molecule has 0 spiro atoms. The molecule has 1 aromatic rings. The second-order valence-corrected chi connectivity index (χ2v) is 4.77. The van der Waals surface area contributed by atoms with Crippen LogP contribution in [0.15, 0.2) is 33.7 Å². The lowest BCUT2D eigenvalue weighted by Crippen LogP contribution is -2.42. The Bertz CT molecular complexity index is 370. The maximum absolute atomic E-state index is 5.39. The summed E-state index contributed by atoms with van der Waals surface area (Å²) in [6.07, 6.45) is 2.41. The highest BCUT2D eigenvalue weighted by Crippen LogP contribution is 2.18. The molecule has 0 heterocycles. The number of hydrazine groups is 1. The van der Waals surface area contributed by atoms with Gasteiger partial charge in [-0.25, -0.2) is 10.8 Å². The highest BCUT2D eigenvalue weighted by Gasteiger charge is 2.21. The first-order chi connectivity index (χ1) is 7.78. The molecule has 0 atom stereocenters. The summed E-state index contributed by atoms with van der Waals surface area (Å²) in [7, 11) is 0. The van der Waals surface area contributed by atoms with E-state index in [1.54, 1.807) is 0 Å². The molecule has 2 rings (SSSR count). The minimum atomic E-state index is 0.555. The van der Waals surface area contributed by atoms with Gasteiger partial charge in [-0.2, -0.15) is 0 Å². The highest BCUT2D eigenvalue weighted by atomic mass is 79.9. The van der Waals surface area contributed by atoms with Crippen molar-refractivity contribution in [2.45, 2.75) is 25.4 Å². The summed E-state index contributed by atoms with van der Waals surface area (Å²) in [5, 5.41) is 3.23. The Kier molecular flexibility index (Phi) is 3.79. The van der Waals surface area contributed by atoms with Crippen molar-refractivity contribution in [2.75, 3.05) is 0 Å². The third-order valence-electron chi connectivity index (χ3n) is 2.39. The van der Waals surface area contributed by atoms with Gasteiger partial charge >= 0.3 is 0 Å². The van der Waals surface area contributed by atoms with Crippen LogP contribution in [0, 0.1) is 0 Å². The van der Waals surface area contributed by atoms with Gasteiger partial charge in [-0.15, -0.1) is 0 Å². The van der Waals surface area contributed by atoms with Gasteiger partial charge in [-0.1, -0.05) is 28.1 Å². The van der Waals surface area contributed by atoms with E-state index in [1.807, 2.05) is 24.3 Å². The average molecular weight is 283 g/mol. The Hall–Kier alpha value is -1.07. The summed E-state index contributed by atoms with van der Waals surface area (Å²) in [5.41, 5.74) is 3.75. The number of hydrogen-bond acceptors (Lipinski definition) is 2. The molecule has 1 fully saturated rings. The van der Waals surface area contributed by atoms with Crippen molar-refractivity contribution in [3.63, 3.8) is 0 Å². The van der Waals surface area contributed by atoms with E-state index in [0.29, 0.717) is 18.5 Å². The van der Waals surface area contributed by atoms with Crippen molar-refractivity contribution in [3.8, 4) is 0 Å². The number of rotatable bonds is 3. The first-order valence-corrected chi connectivity index (χ1v) is 6.09. The van der Waals surface area contributed by atoms with Crippen LogP contribution in [-0.4, -0.2) is 12.0 Å². The summed E-state index contributed by atoms with van der Waals surface area (Å²) in [6, 6.07) is 8.65. The van der Waals surface area contributed by atoms with Crippen LogP contribution in [0.3, 0.4) is 0 Å². The molecule has 0 aromatic heterocycles. The lowest BCUT2D eigenvalue weighted by Gasteiger charge is -2.07. The minimum absolute atomic E-state index is 0.555. The van der Waals surface area contributed by atoms with Gasteiger partial charge in [-0.3, -0.25) is 5.43 Å². The van der Waals surface area contributed by atoms with Gasteiger partial charge in [0.25, 0.3) is 0 Å². The van der Waals surface area contributed by atoms with Gasteiger partial charge in [0.15, 0.2) is 0 Å². The normalized spacial score (nSPS) is 16.0. The highest BCUT2D eigenvalue weighted by molar-refractivity contribution is 9.10. The predicted molar refractivity (Wildman–Crippen MR) is 68.8 cm³/mol. The third-order valence-corrected chi connectivity index (χ3v) is 2.92. The number of nitrogens with two attached hydrogens (primary N) is 1. The summed E-state index contributed by atoms with van der Waals surface area (Å²) in [5.74, 6) is 6.06. The van der Waals surface area contributed by atoms with Gasteiger partial charge in [-0.05, 0) is 30.5 Å². The number of nitrogens with zero attached hydrogens (tertiary/aromatic N) is 1. The van der Waals surface area contributed by atoms with E-state index in [0.717, 1.165) is 10.0 Å². The van der Waals surface area contributed by atoms with Crippen molar-refractivity contribution in [2.24, 2.45) is 10.8 Å². The van der Waals surface area contributed by atoms with Crippen LogP contribution in [0.5, 0.6) is 0 Å². The van der Waals surface area contributed by atoms with E-state index < -0.39 is 0 Å². The predicted octanol–water partition coefficient (Wildman–Crippen LogP) is 1.52. The van der Waals surface area contributed by atoms with E-state index in [4.69, 9.17) is 5.84 Å². The van der Waals surface area contributed by atoms with Crippen LogP contribution < -0.4 is 16.6 Å². The van der Waals surface area contributed by atoms with Gasteiger partial charge < -0.3 is 5.32 Å². The lowest BCUT2D eigenvalue weighted by atomic mass is 10.2. The molecule has 0 amide bonds. The Morgan fingerprint density at radius 2 is 2.06 bits per heavy atom. The van der Waals surface area contributed by atoms with Gasteiger partial charge in [0, 0.05) is 10.5 Å². The second-order valence-electron chi connectivity index (χ2n) is 3.85. The fraction of sp³-hybridized carbons (Fsp3) is 0.364. The first-order valence-electron chi connectivity index (χ1n) is 5.30. The third kappa shape index (κ3) is 3.50. The number of nitrogens with one attached hydrogen (secondary N) is 2. The standard InChI is InChI=1S/C11H15BrN4/c12-9-3-1-8(2-4-9)7-14-11(16-13)15-10-5-6-10/h1-4,10H,5-7,13H2,(H2,14,15,16). The van der Waals surface area contributed by atoms with Crippen molar-refractivity contribution >= 4 is 21.9 Å². The summed E-state index contributed by atoms with van der Waals surface area (Å²) in [4.78, 5) is 4.38. The van der Waals surface area contributed by atoms with Crippen LogP contribution in [0.1, 0.15) is 18.4 Å². The summed E-state index contributed by atoms with van der Waals surface area (Å²) in [6.45, 7) is 0.631. The second kappa shape index (κ2) is 5.32. The first kappa shape index (κ1) is 11.4. The van der Waals surface area contributed by atoms with Crippen LogP contribution >= 0.6 is 15.9 Å². The Labute approximate surface area is 103 Å². The summed E-state index contributed by atoms with van der Waals surface area (Å²) < 4.78 is 1.08. The molecule has 0 unspecified atom stereocenters. The molecule has 1 aliphatic carbocycles. The van der Waals surface area contributed by atoms with E-state index in [2.05, 4.69) is 31.7 Å². The van der Waals surface area contributed by atoms with Crippen LogP contribution in [-0.2, 0) is 6.54 Å². The molecular formula is C11H15BrN4. The molecule has 1 aliphatic rings. The number of benzene rings is 1. The van der Waals surface area contributed by atoms with E-state index in [-0.39, 0.29) is 0 Å². The molecule has 1 saturated carbocycles. The SMILES string of the molecule is NNC(=NCc1ccc(Br)cc1)NC1CC1. The molecule has 0 aliphatic heterocycles. The minimum Gasteiger partial charge on any atom is -0.353 e. The monoisotopic (exact) mass is 282 g/mol. The molecule has 16 heavy (non-hydrogen) atoms. The van der Waals surface area contributed by atoms with E-state index in [1.165, 1.54) is 12.8 Å². The summed E-state index contributed by atoms with van der Waals surface area (Å²) >= 11 is 3.40. The lowest BCUT2D eigenvalue weighted by molar-refractivity contribution is 0.821. The van der Waals surface area contributed by atoms with Crippen molar-refractivity contribution in [3.05, 3.63) is 34.3 Å². The van der Waals surface area contributed by atoms with Crippen LogP contribution in [0.25, 0.3) is 0 Å². The van der Waals surface area contributed by atoms with Crippen LogP contribution in [0.4, 0.5) is 0 Å². The van der Waals surface area contributed by atoms with Crippen LogP contribution in [0.2, 0.25) is 0 Å². The zero-order chi connectivity index (χ0) is 11.4. The molecule has 0 saturated heterocycles. The van der Waals surface area contributed by atoms with E-state index >= 15 is 0 Å².